The number of nitrogens with two attached hydrogens (primary N) is 2. The number of aromatic nitrogens is 1. The number of hydrazine groups is 1. The van der Waals surface area contributed by atoms with Gasteiger partial charge in [-0.05, 0) is 43.7 Å². The molecule has 2 heterocycles. The molecule has 2 atom stereocenters. The van der Waals surface area contributed by atoms with E-state index in [0.29, 0.717) is 11.9 Å². The van der Waals surface area contributed by atoms with Gasteiger partial charge < -0.3 is 10.5 Å². The molecule has 0 saturated carbocycles. The van der Waals surface area contributed by atoms with Crippen molar-refractivity contribution in [2.45, 2.75) is 44.2 Å². The van der Waals surface area contributed by atoms with E-state index in [1.54, 1.807) is 6.20 Å². The summed E-state index contributed by atoms with van der Waals surface area (Å²) in [5, 5.41) is 0. The Kier molecular flexibility index (Phi) is 4.92. The fourth-order valence-corrected chi connectivity index (χ4v) is 2.41. The largest absolute Gasteiger partial charge is 0.383 e. The molecule has 1 aliphatic rings. The van der Waals surface area contributed by atoms with Gasteiger partial charge in [-0.2, -0.15) is 0 Å². The molecule has 0 amide bonds. The number of nitrogen functional groups attached to an aromatic ring is 1. The van der Waals surface area contributed by atoms with Gasteiger partial charge in [0, 0.05) is 18.8 Å². The molecule has 0 bridgehead atoms. The number of anilines is 1. The first-order valence-electron chi connectivity index (χ1n) is 6.56. The zero-order valence-electron chi connectivity index (χ0n) is 10.6. The molecule has 0 aromatic carbocycles. The Hall–Kier alpha value is -1.17. The number of ether oxygens (including phenoxy) is 1. The van der Waals surface area contributed by atoms with Crippen molar-refractivity contribution in [1.82, 2.24) is 10.4 Å². The molecule has 100 valence electrons. The van der Waals surface area contributed by atoms with Crippen molar-refractivity contribution in [3.8, 4) is 0 Å². The van der Waals surface area contributed by atoms with Gasteiger partial charge in [0.2, 0.25) is 0 Å². The van der Waals surface area contributed by atoms with Crippen molar-refractivity contribution in [3.63, 3.8) is 0 Å². The molecule has 0 aliphatic carbocycles. The van der Waals surface area contributed by atoms with Gasteiger partial charge in [-0.3, -0.25) is 11.3 Å². The van der Waals surface area contributed by atoms with Crippen molar-refractivity contribution in [3.05, 3.63) is 23.9 Å². The van der Waals surface area contributed by atoms with Gasteiger partial charge >= 0.3 is 0 Å². The van der Waals surface area contributed by atoms with E-state index < -0.39 is 0 Å². The molecule has 1 aromatic heterocycles. The fraction of sp³-hybridized carbons (Fsp3) is 0.615. The Labute approximate surface area is 108 Å². The van der Waals surface area contributed by atoms with Crippen LogP contribution in [0.25, 0.3) is 0 Å². The number of hydrogen-bond donors (Lipinski definition) is 3. The Morgan fingerprint density at radius 1 is 1.50 bits per heavy atom. The lowest BCUT2D eigenvalue weighted by Crippen LogP contribution is -2.40. The van der Waals surface area contributed by atoms with Crippen LogP contribution in [-0.4, -0.2) is 23.7 Å². The minimum Gasteiger partial charge on any atom is -0.383 e. The van der Waals surface area contributed by atoms with Gasteiger partial charge in [0.15, 0.2) is 0 Å². The quantitative estimate of drug-likeness (QED) is 0.536. The van der Waals surface area contributed by atoms with Crippen molar-refractivity contribution < 1.29 is 4.74 Å². The Balaban J connectivity index is 1.90. The standard InChI is InChI=1S/C13H22N4O/c14-13-10(4-3-6-16-13)8-11(17-15)9-12-5-1-2-7-18-12/h3-4,6,11-12,17H,1-2,5,7-9,15H2,(H2,14,16). The highest BCUT2D eigenvalue weighted by Gasteiger charge is 2.19. The molecule has 1 fully saturated rings. The number of rotatable bonds is 5. The summed E-state index contributed by atoms with van der Waals surface area (Å²) < 4.78 is 5.74. The highest BCUT2D eigenvalue weighted by atomic mass is 16.5. The van der Waals surface area contributed by atoms with Gasteiger partial charge in [-0.25, -0.2) is 4.98 Å². The van der Waals surface area contributed by atoms with E-state index in [9.17, 15) is 0 Å². The van der Waals surface area contributed by atoms with Crippen LogP contribution in [0.1, 0.15) is 31.2 Å². The minimum atomic E-state index is 0.180. The summed E-state index contributed by atoms with van der Waals surface area (Å²) in [4.78, 5) is 4.09. The molecular formula is C13H22N4O. The van der Waals surface area contributed by atoms with Gasteiger partial charge in [0.05, 0.1) is 6.10 Å². The van der Waals surface area contributed by atoms with Crippen LogP contribution < -0.4 is 17.0 Å². The van der Waals surface area contributed by atoms with Crippen LogP contribution >= 0.6 is 0 Å². The van der Waals surface area contributed by atoms with E-state index in [2.05, 4.69) is 10.4 Å². The van der Waals surface area contributed by atoms with Crippen molar-refractivity contribution in [1.29, 1.82) is 0 Å². The van der Waals surface area contributed by atoms with Gasteiger partial charge in [0.1, 0.15) is 5.82 Å². The molecule has 5 nitrogen and oxygen atoms in total. The van der Waals surface area contributed by atoms with Crippen LogP contribution in [0.5, 0.6) is 0 Å². The van der Waals surface area contributed by atoms with Crippen LogP contribution in [0.3, 0.4) is 0 Å². The zero-order chi connectivity index (χ0) is 12.8. The van der Waals surface area contributed by atoms with Crippen molar-refractivity contribution >= 4 is 5.82 Å². The number of hydrogen-bond acceptors (Lipinski definition) is 5. The third kappa shape index (κ3) is 3.66. The summed E-state index contributed by atoms with van der Waals surface area (Å²) in [6, 6.07) is 4.07. The second-order valence-corrected chi connectivity index (χ2v) is 4.84. The van der Waals surface area contributed by atoms with Crippen LogP contribution in [0.15, 0.2) is 18.3 Å². The summed E-state index contributed by atoms with van der Waals surface area (Å²) in [5.74, 6) is 6.21. The molecule has 5 N–H and O–H groups in total. The van der Waals surface area contributed by atoms with Gasteiger partial charge in [0.25, 0.3) is 0 Å². The van der Waals surface area contributed by atoms with Crippen LogP contribution in [0.4, 0.5) is 5.82 Å². The van der Waals surface area contributed by atoms with Crippen molar-refractivity contribution in [2.75, 3.05) is 12.3 Å². The Morgan fingerprint density at radius 2 is 2.39 bits per heavy atom. The first kappa shape index (κ1) is 13.3. The highest BCUT2D eigenvalue weighted by molar-refractivity contribution is 5.38. The highest BCUT2D eigenvalue weighted by Crippen LogP contribution is 2.19. The molecule has 1 aromatic rings. The predicted molar refractivity (Wildman–Crippen MR) is 71.7 cm³/mol. The second kappa shape index (κ2) is 6.68. The average Bonchev–Trinajstić information content (AvgIpc) is 2.41. The summed E-state index contributed by atoms with van der Waals surface area (Å²) >= 11 is 0. The monoisotopic (exact) mass is 250 g/mol. The first-order chi connectivity index (χ1) is 8.79. The van der Waals surface area contributed by atoms with E-state index in [0.717, 1.165) is 31.4 Å². The lowest BCUT2D eigenvalue weighted by Gasteiger charge is -2.26. The predicted octanol–water partition coefficient (Wildman–Crippen LogP) is 0.997. The summed E-state index contributed by atoms with van der Waals surface area (Å²) in [6.07, 6.45) is 7.27. The zero-order valence-corrected chi connectivity index (χ0v) is 10.6. The molecule has 1 aliphatic heterocycles. The lowest BCUT2D eigenvalue weighted by molar-refractivity contribution is 0.00524. The summed E-state index contributed by atoms with van der Waals surface area (Å²) in [6.45, 7) is 0.872. The van der Waals surface area contributed by atoms with Crippen LogP contribution in [0.2, 0.25) is 0 Å². The topological polar surface area (TPSA) is 86.2 Å². The maximum Gasteiger partial charge on any atom is 0.126 e. The minimum absolute atomic E-state index is 0.180. The smallest absolute Gasteiger partial charge is 0.126 e. The number of pyridine rings is 1. The molecular weight excluding hydrogens is 228 g/mol. The maximum atomic E-state index is 5.85. The number of nitrogens with one attached hydrogen (secondary N) is 1. The second-order valence-electron chi connectivity index (χ2n) is 4.84. The average molecular weight is 250 g/mol. The number of nitrogens with zero attached hydrogens (tertiary/aromatic N) is 1. The van der Waals surface area contributed by atoms with Crippen molar-refractivity contribution in [2.24, 2.45) is 5.84 Å². The molecule has 2 rings (SSSR count). The van der Waals surface area contributed by atoms with Crippen LogP contribution in [-0.2, 0) is 11.2 Å². The van der Waals surface area contributed by atoms with E-state index in [4.69, 9.17) is 16.3 Å². The molecule has 0 spiro atoms. The fourth-order valence-electron chi connectivity index (χ4n) is 2.41. The first-order valence-corrected chi connectivity index (χ1v) is 6.56. The molecule has 18 heavy (non-hydrogen) atoms. The third-order valence-corrected chi connectivity index (χ3v) is 3.45. The third-order valence-electron chi connectivity index (χ3n) is 3.45. The van der Waals surface area contributed by atoms with Crippen LogP contribution in [0, 0.1) is 0 Å². The van der Waals surface area contributed by atoms with E-state index in [1.807, 2.05) is 12.1 Å². The van der Waals surface area contributed by atoms with E-state index in [1.165, 1.54) is 12.8 Å². The van der Waals surface area contributed by atoms with E-state index in [-0.39, 0.29) is 6.04 Å². The summed E-state index contributed by atoms with van der Waals surface area (Å²) in [7, 11) is 0. The lowest BCUT2D eigenvalue weighted by atomic mass is 9.97. The molecule has 2 unspecified atom stereocenters. The van der Waals surface area contributed by atoms with E-state index >= 15 is 0 Å². The summed E-state index contributed by atoms with van der Waals surface area (Å²) in [5.41, 5.74) is 9.75. The molecule has 0 radical (unpaired) electrons. The SMILES string of the molecule is NNC(Cc1cccnc1N)CC1CCCCO1. The Bertz CT molecular complexity index is 366. The molecule has 1 saturated heterocycles. The Morgan fingerprint density at radius 3 is 3.06 bits per heavy atom. The normalized spacial score (nSPS) is 21.7. The maximum absolute atomic E-state index is 5.85. The van der Waals surface area contributed by atoms with Gasteiger partial charge in [-0.15, -0.1) is 0 Å². The van der Waals surface area contributed by atoms with Gasteiger partial charge in [-0.1, -0.05) is 6.07 Å². The molecule has 5 heteroatoms.